The van der Waals surface area contributed by atoms with Gasteiger partial charge in [-0.3, -0.25) is 12.6 Å². The van der Waals surface area contributed by atoms with Gasteiger partial charge in [-0.1, -0.05) is 88.5 Å². The molecule has 1 fully saturated rings. The van der Waals surface area contributed by atoms with Gasteiger partial charge in [-0.25, -0.2) is 0 Å². The van der Waals surface area contributed by atoms with E-state index in [1.165, 1.54) is 0 Å². The predicted molar refractivity (Wildman–Crippen MR) is 129 cm³/mol. The van der Waals surface area contributed by atoms with Crippen molar-refractivity contribution in [3.05, 3.63) is 0 Å². The van der Waals surface area contributed by atoms with Crippen LogP contribution in [0.4, 0.5) is 4.11 Å². The van der Waals surface area contributed by atoms with Crippen molar-refractivity contribution in [2.24, 2.45) is 0 Å². The van der Waals surface area contributed by atoms with E-state index in [-0.39, 0.29) is 16.3 Å². The Balaban J connectivity index is 4.04. The standard InChI is InChI=1S/C20H46FN2OSi4/c1-17(2,3)26(12,13)22-16(24-25)20(10,11)23(27(14,15)18(4,5)6)28(22,21)19(7,8)9/h16H,1-15H3. The predicted octanol–water partition coefficient (Wildman–Crippen LogP) is 6.53. The van der Waals surface area contributed by atoms with E-state index in [0.717, 1.165) is 0 Å². The highest BCUT2D eigenvalue weighted by atomic mass is 28.5. The van der Waals surface area contributed by atoms with E-state index in [2.05, 4.69) is 121 Å². The summed E-state index contributed by atoms with van der Waals surface area (Å²) in [5.74, 6) is 0. The lowest BCUT2D eigenvalue weighted by molar-refractivity contribution is 0.0634. The van der Waals surface area contributed by atoms with Crippen molar-refractivity contribution in [2.75, 3.05) is 0 Å². The number of hydrogen-bond donors (Lipinski definition) is 0. The fourth-order valence-electron chi connectivity index (χ4n) is 4.42. The molecule has 3 nitrogen and oxygen atoms in total. The van der Waals surface area contributed by atoms with E-state index in [0.29, 0.717) is 0 Å². The Morgan fingerprint density at radius 3 is 1.46 bits per heavy atom. The van der Waals surface area contributed by atoms with Crippen LogP contribution in [-0.4, -0.2) is 55.9 Å². The first-order chi connectivity index (χ1) is 11.9. The summed E-state index contributed by atoms with van der Waals surface area (Å²) >= 11 is 0. The minimum Gasteiger partial charge on any atom is -0.403 e. The second-order valence-corrected chi connectivity index (χ2v) is 28.2. The molecule has 1 heterocycles. The van der Waals surface area contributed by atoms with E-state index < -0.39 is 35.8 Å². The third-order valence-corrected chi connectivity index (χ3v) is 27.7. The molecule has 1 aliphatic heterocycles. The van der Waals surface area contributed by atoms with Gasteiger partial charge in [-0.2, -0.15) is 0 Å². The Morgan fingerprint density at radius 2 is 1.21 bits per heavy atom. The molecule has 0 spiro atoms. The molecule has 2 atom stereocenters. The Kier molecular flexibility index (Phi) is 6.77. The highest BCUT2D eigenvalue weighted by Crippen LogP contribution is 2.60. The molecule has 0 bridgehead atoms. The molecule has 28 heavy (non-hydrogen) atoms. The smallest absolute Gasteiger partial charge is 0.396 e. The lowest BCUT2D eigenvalue weighted by Crippen LogP contribution is -2.77. The summed E-state index contributed by atoms with van der Waals surface area (Å²) in [6.45, 7) is 33.7. The van der Waals surface area contributed by atoms with Crippen LogP contribution >= 0.6 is 0 Å². The Hall–Kier alpha value is 0.678. The van der Waals surface area contributed by atoms with E-state index >= 15 is 4.11 Å². The zero-order valence-electron chi connectivity index (χ0n) is 21.3. The number of halogens is 1. The number of nitrogens with zero attached hydrogens (tertiary/aromatic N) is 2. The van der Waals surface area contributed by atoms with Gasteiger partial charge in [-0.15, -0.1) is 0 Å². The molecule has 0 aliphatic carbocycles. The van der Waals surface area contributed by atoms with Crippen LogP contribution in [0.15, 0.2) is 0 Å². The Bertz CT molecular complexity index is 590. The van der Waals surface area contributed by atoms with Crippen molar-refractivity contribution >= 4 is 35.7 Å². The Labute approximate surface area is 181 Å². The van der Waals surface area contributed by atoms with E-state index in [1.807, 2.05) is 0 Å². The lowest BCUT2D eigenvalue weighted by Gasteiger charge is -2.58. The van der Waals surface area contributed by atoms with Crippen molar-refractivity contribution in [2.45, 2.75) is 129 Å². The Morgan fingerprint density at radius 1 is 0.857 bits per heavy atom. The molecule has 1 aliphatic rings. The summed E-state index contributed by atoms with van der Waals surface area (Å²) in [6, 6.07) is 0. The molecule has 0 aromatic heterocycles. The van der Waals surface area contributed by atoms with Gasteiger partial charge >= 0.3 is 8.73 Å². The van der Waals surface area contributed by atoms with Crippen LogP contribution < -0.4 is 0 Å². The fourth-order valence-corrected chi connectivity index (χ4v) is 23.0. The van der Waals surface area contributed by atoms with Crippen LogP contribution in [0.3, 0.4) is 0 Å². The molecule has 0 aromatic carbocycles. The quantitative estimate of drug-likeness (QED) is 0.351. The van der Waals surface area contributed by atoms with Crippen LogP contribution in [0.1, 0.15) is 76.2 Å². The van der Waals surface area contributed by atoms with Gasteiger partial charge < -0.3 is 4.43 Å². The lowest BCUT2D eigenvalue weighted by atomic mass is 10.1. The van der Waals surface area contributed by atoms with Crippen LogP contribution in [0.25, 0.3) is 0 Å². The van der Waals surface area contributed by atoms with Crippen LogP contribution in [0.5, 0.6) is 0 Å². The van der Waals surface area contributed by atoms with Gasteiger partial charge in [-0.05, 0) is 23.9 Å². The van der Waals surface area contributed by atoms with Gasteiger partial charge in [0.25, 0.3) is 0 Å². The maximum atomic E-state index is 18.1. The summed E-state index contributed by atoms with van der Waals surface area (Å²) in [7, 11) is -4.64. The molecular weight excluding hydrogens is 416 g/mol. The van der Waals surface area contributed by atoms with E-state index in [1.54, 1.807) is 0 Å². The molecular formula is C20H46FN2OSi4. The molecule has 8 heteroatoms. The van der Waals surface area contributed by atoms with Gasteiger partial charge in [0.05, 0.1) is 0 Å². The summed E-state index contributed by atoms with van der Waals surface area (Å²) in [4.78, 5) is 0. The van der Waals surface area contributed by atoms with Gasteiger partial charge in [0, 0.05) is 10.6 Å². The summed E-state index contributed by atoms with van der Waals surface area (Å²) in [5, 5.41) is -0.403. The van der Waals surface area contributed by atoms with Crippen molar-refractivity contribution in [3.8, 4) is 0 Å². The number of rotatable bonds is 3. The molecule has 165 valence electrons. The van der Waals surface area contributed by atoms with E-state index in [4.69, 9.17) is 4.43 Å². The number of hydrogen-bond acceptors (Lipinski definition) is 3. The van der Waals surface area contributed by atoms with Crippen molar-refractivity contribution in [1.82, 2.24) is 8.46 Å². The van der Waals surface area contributed by atoms with E-state index in [9.17, 15) is 0 Å². The zero-order chi connectivity index (χ0) is 22.9. The van der Waals surface area contributed by atoms with Gasteiger partial charge in [0.15, 0.2) is 0 Å². The highest BCUT2D eigenvalue weighted by Gasteiger charge is 2.77. The minimum atomic E-state index is -3.62. The molecule has 2 unspecified atom stereocenters. The van der Waals surface area contributed by atoms with Crippen LogP contribution in [-0.2, 0) is 4.43 Å². The highest BCUT2D eigenvalue weighted by molar-refractivity contribution is 6.97. The molecule has 1 rings (SSSR count). The average molecular weight is 462 g/mol. The first-order valence-corrected chi connectivity index (χ1v) is 18.6. The zero-order valence-corrected chi connectivity index (χ0v) is 25.3. The third kappa shape index (κ3) is 3.62. The first-order valence-electron chi connectivity index (χ1n) is 10.5. The summed E-state index contributed by atoms with van der Waals surface area (Å²) < 4.78 is 28.8. The van der Waals surface area contributed by atoms with Crippen LogP contribution in [0, 0.1) is 0 Å². The van der Waals surface area contributed by atoms with Crippen molar-refractivity contribution in [1.29, 1.82) is 0 Å². The molecule has 0 saturated carbocycles. The maximum Gasteiger partial charge on any atom is 0.396 e. The first kappa shape index (κ1) is 26.7. The summed E-state index contributed by atoms with van der Waals surface area (Å²) in [5.41, 5.74) is -0.422. The van der Waals surface area contributed by atoms with Crippen molar-refractivity contribution < 1.29 is 8.53 Å². The average Bonchev–Trinajstić information content (AvgIpc) is 2.59. The normalized spacial score (nSPS) is 28.8. The van der Waals surface area contributed by atoms with Crippen molar-refractivity contribution in [3.63, 3.8) is 0 Å². The molecule has 1 saturated heterocycles. The van der Waals surface area contributed by atoms with Crippen LogP contribution in [0.2, 0.25) is 41.3 Å². The third-order valence-electron chi connectivity index (χ3n) is 7.93. The summed E-state index contributed by atoms with van der Waals surface area (Å²) in [6.07, 6.45) is -0.310. The minimum absolute atomic E-state index is 0.0190. The van der Waals surface area contributed by atoms with Gasteiger partial charge in [0.1, 0.15) is 22.7 Å². The molecule has 3 radical (unpaired) electrons. The fraction of sp³-hybridized carbons (Fsp3) is 1.00. The molecule has 0 N–H and O–H groups in total. The molecule has 0 amide bonds. The second kappa shape index (κ2) is 7.10. The van der Waals surface area contributed by atoms with Gasteiger partial charge in [0.2, 0.25) is 10.5 Å². The molecule has 0 aromatic rings. The topological polar surface area (TPSA) is 15.7 Å². The monoisotopic (exact) mass is 461 g/mol. The second-order valence-electron chi connectivity index (χ2n) is 13.3. The SMILES string of the molecule is CC1(C)C(O[Si])N([Si](C)(C)C(C)(C)C)[Si](F)(C(C)(C)C)N1[Si](C)(C)C(C)(C)C. The largest absolute Gasteiger partial charge is 0.403 e. The maximum absolute atomic E-state index is 18.1.